The van der Waals surface area contributed by atoms with Gasteiger partial charge in [0, 0.05) is 54.0 Å². The lowest BCUT2D eigenvalue weighted by molar-refractivity contribution is -0.179. The van der Waals surface area contributed by atoms with Gasteiger partial charge in [0.15, 0.2) is 6.10 Å². The van der Waals surface area contributed by atoms with Crippen molar-refractivity contribution in [3.63, 3.8) is 0 Å². The fraction of sp³-hybridized carbons (Fsp3) is 0.514. The molecular weight excluding hydrogens is 842 g/mol. The second-order valence-corrected chi connectivity index (χ2v) is 20.6. The molecule has 11 nitrogen and oxygen atoms in total. The van der Waals surface area contributed by atoms with Crippen molar-refractivity contribution >= 4 is 72.0 Å². The van der Waals surface area contributed by atoms with Crippen LogP contribution in [0.25, 0.3) is 0 Å². The smallest absolute Gasteiger partial charge is 0.347 e. The van der Waals surface area contributed by atoms with Crippen LogP contribution in [0.15, 0.2) is 54.6 Å². The van der Waals surface area contributed by atoms with Crippen molar-refractivity contribution in [1.82, 2.24) is 10.6 Å². The fourth-order valence-corrected chi connectivity index (χ4v) is 6.80. The molecule has 1 unspecified atom stereocenters. The second-order valence-electron chi connectivity index (χ2n) is 14.1. The normalized spacial score (nSPS) is 26.3. The average Bonchev–Trinajstić information content (AvgIpc) is 3.92. The van der Waals surface area contributed by atoms with E-state index in [-0.39, 0.29) is 49.9 Å². The van der Waals surface area contributed by atoms with Crippen molar-refractivity contribution in [2.75, 3.05) is 13.7 Å². The number of methoxy groups -OCH3 is 1. The van der Waals surface area contributed by atoms with Crippen LogP contribution in [0.5, 0.6) is 5.75 Å². The molecule has 2 amide bonds. The maximum absolute atomic E-state index is 13.7. The van der Waals surface area contributed by atoms with Crippen LogP contribution in [0.2, 0.25) is 5.02 Å². The predicted octanol–water partition coefficient (Wildman–Crippen LogP) is 6.58. The highest BCUT2D eigenvalue weighted by atomic mass is 127. The molecule has 0 saturated carbocycles. The van der Waals surface area contributed by atoms with Gasteiger partial charge in [-0.15, -0.1) is 0 Å². The van der Waals surface area contributed by atoms with E-state index in [1.54, 1.807) is 38.1 Å². The standard InChI is InChI=1S/C37H47ClIN2O9PS/c1-21(2)16-30-35(44)48-28(22(3)32-33(50-32)25-13-10-23(11-14-25)19-47-52(39)51)8-7-9-31(42)41-27(18-24-12-15-29(46-6)26(38)17-24)34(43)40-20-37(4,5)36(45)49-30/h7,9-15,17,21-22,27-28,30,32-33,51H,8,16,18-20H2,1-6H3,(H,40,43)(H,41,42)/b9-7+/t22-,27+,28-,30-,32+,33+,52?/m0/s1/i51T. The number of rotatable bonds is 11. The van der Waals surface area contributed by atoms with Crippen LogP contribution in [0.3, 0.4) is 0 Å². The summed E-state index contributed by atoms with van der Waals surface area (Å²) in [4.78, 5) is 54.0. The molecule has 2 aromatic rings. The van der Waals surface area contributed by atoms with Crippen molar-refractivity contribution < 1.29 is 42.3 Å². The number of epoxide rings is 1. The average molecular weight is 891 g/mol. The van der Waals surface area contributed by atoms with E-state index in [0.717, 1.165) is 11.1 Å². The number of carbonyl (C=O) groups excluding carboxylic acids is 4. The topological polar surface area (TPSA) is 142 Å². The lowest BCUT2D eigenvalue weighted by atomic mass is 9.92. The summed E-state index contributed by atoms with van der Waals surface area (Å²) in [5.74, 6) is -2.21. The van der Waals surface area contributed by atoms with Gasteiger partial charge in [-0.2, -0.15) is 0 Å². The number of hydrogen-bond acceptors (Lipinski definition) is 9. The molecule has 1 fully saturated rings. The zero-order chi connectivity index (χ0) is 38.9. The molecular formula is C37H47ClIN2O9PS. The van der Waals surface area contributed by atoms with Crippen LogP contribution < -0.4 is 15.4 Å². The monoisotopic (exact) mass is 890 g/mol. The van der Waals surface area contributed by atoms with Crippen molar-refractivity contribution in [1.29, 1.82) is 1.28 Å². The van der Waals surface area contributed by atoms with Gasteiger partial charge in [-0.05, 0) is 61.1 Å². The molecule has 2 heterocycles. The number of benzene rings is 2. The summed E-state index contributed by atoms with van der Waals surface area (Å²) in [6.07, 6.45) is 1.03. The zero-order valence-corrected chi connectivity index (χ0v) is 34.7. The summed E-state index contributed by atoms with van der Waals surface area (Å²) in [5, 5.41) is 5.91. The highest BCUT2D eigenvalue weighted by molar-refractivity contribution is 14.2. The Bertz CT molecular complexity index is 1700. The summed E-state index contributed by atoms with van der Waals surface area (Å²) in [6, 6.07) is 12.0. The van der Waals surface area contributed by atoms with Gasteiger partial charge in [0.25, 0.3) is 0 Å². The first-order valence-electron chi connectivity index (χ1n) is 17.5. The molecule has 0 spiro atoms. The van der Waals surface area contributed by atoms with Gasteiger partial charge in [-0.25, -0.2) is 4.79 Å². The van der Waals surface area contributed by atoms with Crippen LogP contribution in [0.4, 0.5) is 0 Å². The summed E-state index contributed by atoms with van der Waals surface area (Å²) in [7, 11) is 1.46. The van der Waals surface area contributed by atoms with Crippen LogP contribution >= 0.6 is 40.8 Å². The van der Waals surface area contributed by atoms with Gasteiger partial charge in [0.05, 0.1) is 30.3 Å². The highest BCUT2D eigenvalue weighted by Gasteiger charge is 2.48. The lowest BCUT2D eigenvalue weighted by Crippen LogP contribution is -2.51. The minimum absolute atomic E-state index is 0.000232. The van der Waals surface area contributed by atoms with Gasteiger partial charge in [0.2, 0.25) is 11.8 Å². The first-order valence-corrected chi connectivity index (χ1v) is 22.2. The molecule has 0 radical (unpaired) electrons. The minimum atomic E-state index is -1.22. The molecule has 0 bridgehead atoms. The Kier molecular flexibility index (Phi) is 15.0. The van der Waals surface area contributed by atoms with Gasteiger partial charge < -0.3 is 33.8 Å². The molecule has 0 aromatic heterocycles. The van der Waals surface area contributed by atoms with Crippen LogP contribution in [-0.2, 0) is 58.1 Å². The first-order chi connectivity index (χ1) is 25.1. The summed E-state index contributed by atoms with van der Waals surface area (Å²) in [6.45, 7) is 9.27. The predicted molar refractivity (Wildman–Crippen MR) is 211 cm³/mol. The summed E-state index contributed by atoms with van der Waals surface area (Å²) >= 11 is 8.44. The number of halogens is 2. The molecule has 2 aliphatic heterocycles. The number of ether oxygens (including phenoxy) is 4. The third-order valence-corrected chi connectivity index (χ3v) is 10.6. The van der Waals surface area contributed by atoms with Gasteiger partial charge in [-0.1, -0.05) is 76.7 Å². The molecule has 15 heteroatoms. The third-order valence-electron chi connectivity index (χ3n) is 8.91. The molecule has 7 atom stereocenters. The van der Waals surface area contributed by atoms with Crippen LogP contribution in [0.1, 0.15) is 70.3 Å². The number of esters is 2. The number of carbonyl (C=O) groups is 4. The molecule has 2 aromatic carbocycles. The lowest BCUT2D eigenvalue weighted by Gasteiger charge is -2.29. The Morgan fingerprint density at radius 1 is 1.10 bits per heavy atom. The van der Waals surface area contributed by atoms with E-state index in [1.165, 1.54) is 13.2 Å². The van der Waals surface area contributed by atoms with Crippen LogP contribution in [-0.4, -0.2) is 63.0 Å². The molecule has 2 aliphatic rings. The quantitative estimate of drug-likeness (QED) is 0.111. The SMILES string of the molecule is [3H]P=S(I)OCc1ccc([C@H]2O[C@@H]2[C@@H](C)[C@@H]2C/C=C/C(=O)N[C@H](Cc3ccc(OC)c(Cl)c3)C(=O)NCC(C)(C)C(=O)O[C@@H](CC(C)C)C(=O)O2)cc1. The zero-order valence-electron chi connectivity index (χ0n) is 31.1. The van der Waals surface area contributed by atoms with Crippen molar-refractivity contribution in [2.45, 2.75) is 90.9 Å². The number of nitrogens with one attached hydrogen (secondary N) is 2. The molecule has 52 heavy (non-hydrogen) atoms. The third kappa shape index (κ3) is 12.2. The van der Waals surface area contributed by atoms with E-state index in [2.05, 4.69) is 31.8 Å². The summed E-state index contributed by atoms with van der Waals surface area (Å²) in [5.41, 5.74) is 1.41. The van der Waals surface area contributed by atoms with E-state index in [0.29, 0.717) is 30.9 Å². The number of hydrogen-bond donors (Lipinski definition) is 2. The Hall–Kier alpha value is -2.55. The molecule has 2 N–H and O–H groups in total. The van der Waals surface area contributed by atoms with E-state index < -0.39 is 54.9 Å². The van der Waals surface area contributed by atoms with E-state index in [9.17, 15) is 19.2 Å². The van der Waals surface area contributed by atoms with Gasteiger partial charge in [0.1, 0.15) is 25.3 Å². The molecule has 1 saturated heterocycles. The number of cyclic esters (lactones) is 2. The second kappa shape index (κ2) is 19.2. The first kappa shape index (κ1) is 40.6. The maximum Gasteiger partial charge on any atom is 0.347 e. The maximum atomic E-state index is 13.7. The van der Waals surface area contributed by atoms with Crippen LogP contribution in [0, 0.1) is 17.3 Å². The largest absolute Gasteiger partial charge is 0.495 e. The Balaban J connectivity index is 1.57. The van der Waals surface area contributed by atoms with Crippen molar-refractivity contribution in [3.8, 4) is 5.75 Å². The van der Waals surface area contributed by atoms with Crippen molar-refractivity contribution in [3.05, 3.63) is 76.3 Å². The molecule has 4 rings (SSSR count). The minimum Gasteiger partial charge on any atom is -0.495 e. The molecule has 0 aliphatic carbocycles. The number of amides is 2. The highest BCUT2D eigenvalue weighted by Crippen LogP contribution is 2.45. The Morgan fingerprint density at radius 3 is 2.46 bits per heavy atom. The van der Waals surface area contributed by atoms with E-state index in [1.807, 2.05) is 45.0 Å². The molecule has 284 valence electrons. The van der Waals surface area contributed by atoms with Gasteiger partial charge in [-0.3, -0.25) is 14.4 Å². The Labute approximate surface area is 328 Å². The van der Waals surface area contributed by atoms with E-state index in [4.69, 9.17) is 36.0 Å². The Morgan fingerprint density at radius 2 is 1.81 bits per heavy atom. The van der Waals surface area contributed by atoms with Crippen molar-refractivity contribution in [2.24, 2.45) is 17.3 Å². The van der Waals surface area contributed by atoms with Gasteiger partial charge >= 0.3 is 11.9 Å². The summed E-state index contributed by atoms with van der Waals surface area (Å²) < 4.78 is 36.4. The van der Waals surface area contributed by atoms with E-state index >= 15 is 0 Å². The fourth-order valence-electron chi connectivity index (χ4n) is 5.74.